The van der Waals surface area contributed by atoms with Gasteiger partial charge in [-0.2, -0.15) is 0 Å². The molecule has 0 aromatic carbocycles. The summed E-state index contributed by atoms with van der Waals surface area (Å²) in [4.78, 5) is 26.1. The van der Waals surface area contributed by atoms with Gasteiger partial charge in [-0.3, -0.25) is 9.59 Å². The number of carbonyl (C=O) groups is 2. The van der Waals surface area contributed by atoms with Crippen molar-refractivity contribution in [3.63, 3.8) is 0 Å². The molecule has 0 bridgehead atoms. The van der Waals surface area contributed by atoms with Crippen LogP contribution < -0.4 is 10.6 Å². The molecule has 0 spiro atoms. The van der Waals surface area contributed by atoms with Gasteiger partial charge in [-0.05, 0) is 33.4 Å². The lowest BCUT2D eigenvalue weighted by molar-refractivity contribution is -0.119. The van der Waals surface area contributed by atoms with Crippen LogP contribution in [0.5, 0.6) is 0 Å². The summed E-state index contributed by atoms with van der Waals surface area (Å²) >= 11 is 1.29. The molecule has 1 aromatic heterocycles. The minimum Gasteiger partial charge on any atom is -0.360 e. The zero-order valence-electron chi connectivity index (χ0n) is 15.3. The van der Waals surface area contributed by atoms with Crippen molar-refractivity contribution in [1.82, 2.24) is 15.4 Å². The zero-order chi connectivity index (χ0) is 18.3. The van der Waals surface area contributed by atoms with Crippen molar-refractivity contribution < 1.29 is 14.1 Å². The maximum absolute atomic E-state index is 12.0. The predicted octanol–water partition coefficient (Wildman–Crippen LogP) is 1.75. The van der Waals surface area contributed by atoms with Crippen LogP contribution in [-0.4, -0.2) is 60.1 Å². The Balaban J connectivity index is 2.31. The summed E-state index contributed by atoms with van der Waals surface area (Å²) in [7, 11) is 4.02. The molecule has 0 aliphatic carbocycles. The second-order valence-electron chi connectivity index (χ2n) is 6.94. The Hall–Kier alpha value is -1.54. The van der Waals surface area contributed by atoms with Crippen LogP contribution in [0.2, 0.25) is 0 Å². The van der Waals surface area contributed by atoms with Gasteiger partial charge < -0.3 is 20.1 Å². The van der Waals surface area contributed by atoms with E-state index in [4.69, 9.17) is 4.52 Å². The highest BCUT2D eigenvalue weighted by Gasteiger charge is 2.21. The summed E-state index contributed by atoms with van der Waals surface area (Å²) in [5.41, 5.74) is -0.00235. The number of carbonyl (C=O) groups excluding carboxylic acids is 2. The Morgan fingerprint density at radius 3 is 2.62 bits per heavy atom. The van der Waals surface area contributed by atoms with E-state index in [1.54, 1.807) is 19.9 Å². The molecule has 136 valence electrons. The van der Waals surface area contributed by atoms with Gasteiger partial charge in [0.05, 0.1) is 11.0 Å². The number of amides is 2. The van der Waals surface area contributed by atoms with Crippen LogP contribution in [0.1, 0.15) is 26.5 Å². The number of anilines is 1. The highest BCUT2D eigenvalue weighted by atomic mass is 32.2. The summed E-state index contributed by atoms with van der Waals surface area (Å²) in [5.74, 6) is 0.993. The summed E-state index contributed by atoms with van der Waals surface area (Å²) in [6.07, 6.45) is 0. The molecule has 0 radical (unpaired) electrons. The fraction of sp³-hybridized carbons (Fsp3) is 0.688. The topological polar surface area (TPSA) is 87.5 Å². The summed E-state index contributed by atoms with van der Waals surface area (Å²) < 4.78 is 4.90. The third-order valence-electron chi connectivity index (χ3n) is 3.22. The van der Waals surface area contributed by atoms with Gasteiger partial charge in [-0.15, -0.1) is 11.8 Å². The van der Waals surface area contributed by atoms with Crippen molar-refractivity contribution >= 4 is 29.4 Å². The normalized spacial score (nSPS) is 13.0. The van der Waals surface area contributed by atoms with Crippen molar-refractivity contribution in [2.75, 3.05) is 38.3 Å². The molecule has 0 saturated carbocycles. The summed E-state index contributed by atoms with van der Waals surface area (Å²) in [5, 5.41) is 8.95. The van der Waals surface area contributed by atoms with Crippen molar-refractivity contribution in [3.05, 3.63) is 11.8 Å². The smallest absolute Gasteiger partial charge is 0.238 e. The third kappa shape index (κ3) is 7.83. The predicted molar refractivity (Wildman–Crippen MR) is 97.1 cm³/mol. The highest BCUT2D eigenvalue weighted by Crippen LogP contribution is 2.16. The van der Waals surface area contributed by atoms with Gasteiger partial charge in [0, 0.05) is 19.2 Å². The molecule has 1 rings (SSSR count). The molecule has 0 fully saturated rings. The quantitative estimate of drug-likeness (QED) is 0.701. The fourth-order valence-corrected chi connectivity index (χ4v) is 2.94. The maximum atomic E-state index is 12.0. The van der Waals surface area contributed by atoms with Gasteiger partial charge in [0.25, 0.3) is 0 Å². The SMILES string of the molecule is Cc1cc(NC(=O)[C@@H](C)SCC(=O)NCC(C)(C)CN(C)C)no1. The van der Waals surface area contributed by atoms with E-state index in [-0.39, 0.29) is 28.2 Å². The molecule has 1 aromatic rings. The first kappa shape index (κ1) is 20.5. The number of hydrogen-bond acceptors (Lipinski definition) is 6. The molecule has 0 unspecified atom stereocenters. The van der Waals surface area contributed by atoms with Crippen LogP contribution >= 0.6 is 11.8 Å². The van der Waals surface area contributed by atoms with Gasteiger partial charge in [-0.1, -0.05) is 19.0 Å². The maximum Gasteiger partial charge on any atom is 0.238 e. The minimum atomic E-state index is -0.359. The van der Waals surface area contributed by atoms with Crippen molar-refractivity contribution in [2.24, 2.45) is 5.41 Å². The summed E-state index contributed by atoms with van der Waals surface area (Å²) in [6, 6.07) is 1.65. The van der Waals surface area contributed by atoms with Crippen LogP contribution in [-0.2, 0) is 9.59 Å². The van der Waals surface area contributed by atoms with E-state index in [9.17, 15) is 9.59 Å². The lowest BCUT2D eigenvalue weighted by atomic mass is 9.93. The molecule has 1 atom stereocenters. The first-order valence-corrected chi connectivity index (χ1v) is 8.91. The van der Waals surface area contributed by atoms with Crippen LogP contribution in [0.15, 0.2) is 10.6 Å². The second kappa shape index (κ2) is 9.08. The Bertz CT molecular complexity index is 557. The van der Waals surface area contributed by atoms with E-state index in [1.165, 1.54) is 11.8 Å². The van der Waals surface area contributed by atoms with Crippen molar-refractivity contribution in [2.45, 2.75) is 32.9 Å². The largest absolute Gasteiger partial charge is 0.360 e. The van der Waals surface area contributed by atoms with Gasteiger partial charge in [0.1, 0.15) is 5.76 Å². The lowest BCUT2D eigenvalue weighted by Crippen LogP contribution is -2.40. The standard InChI is InChI=1S/C16H28N4O3S/c1-11-7-13(19-23-11)18-15(22)12(2)24-8-14(21)17-9-16(3,4)10-20(5)6/h7,12H,8-10H2,1-6H3,(H,17,21)(H,18,19,22)/t12-/m1/s1. The Labute approximate surface area is 147 Å². The van der Waals surface area contributed by atoms with Crippen LogP contribution in [0.25, 0.3) is 0 Å². The van der Waals surface area contributed by atoms with E-state index in [0.29, 0.717) is 18.1 Å². The number of rotatable bonds is 9. The van der Waals surface area contributed by atoms with Crippen LogP contribution in [0.3, 0.4) is 0 Å². The van der Waals surface area contributed by atoms with Crippen LogP contribution in [0.4, 0.5) is 5.82 Å². The number of aryl methyl sites for hydroxylation is 1. The van der Waals surface area contributed by atoms with Crippen molar-refractivity contribution in [1.29, 1.82) is 0 Å². The van der Waals surface area contributed by atoms with Gasteiger partial charge in [-0.25, -0.2) is 0 Å². The molecule has 24 heavy (non-hydrogen) atoms. The Kier molecular flexibility index (Phi) is 7.75. The molecule has 7 nitrogen and oxygen atoms in total. The van der Waals surface area contributed by atoms with E-state index in [0.717, 1.165) is 6.54 Å². The average Bonchev–Trinajstić information content (AvgIpc) is 2.86. The molecular weight excluding hydrogens is 328 g/mol. The molecule has 1 heterocycles. The van der Waals surface area contributed by atoms with Gasteiger partial charge in [0.15, 0.2) is 5.82 Å². The number of nitrogens with one attached hydrogen (secondary N) is 2. The third-order valence-corrected chi connectivity index (χ3v) is 4.36. The van der Waals surface area contributed by atoms with Crippen LogP contribution in [0, 0.1) is 12.3 Å². The van der Waals surface area contributed by atoms with E-state index in [1.807, 2.05) is 14.1 Å². The minimum absolute atomic E-state index is 0.00235. The highest BCUT2D eigenvalue weighted by molar-refractivity contribution is 8.01. The molecule has 8 heteroatoms. The van der Waals surface area contributed by atoms with E-state index < -0.39 is 0 Å². The Morgan fingerprint density at radius 1 is 1.42 bits per heavy atom. The van der Waals surface area contributed by atoms with E-state index in [2.05, 4.69) is 34.5 Å². The lowest BCUT2D eigenvalue weighted by Gasteiger charge is -2.28. The number of aromatic nitrogens is 1. The van der Waals surface area contributed by atoms with E-state index >= 15 is 0 Å². The monoisotopic (exact) mass is 356 g/mol. The average molecular weight is 356 g/mol. The number of nitrogens with zero attached hydrogens (tertiary/aromatic N) is 2. The number of thioether (sulfide) groups is 1. The van der Waals surface area contributed by atoms with Gasteiger partial charge in [0.2, 0.25) is 11.8 Å². The Morgan fingerprint density at radius 2 is 2.08 bits per heavy atom. The van der Waals surface area contributed by atoms with Gasteiger partial charge >= 0.3 is 0 Å². The second-order valence-corrected chi connectivity index (χ2v) is 8.27. The molecular formula is C16H28N4O3S. The molecule has 0 saturated heterocycles. The fourth-order valence-electron chi connectivity index (χ4n) is 2.23. The molecule has 0 aliphatic rings. The molecule has 2 amide bonds. The molecule has 0 aliphatic heterocycles. The first-order chi connectivity index (χ1) is 11.1. The molecule has 2 N–H and O–H groups in total. The first-order valence-electron chi connectivity index (χ1n) is 7.86. The van der Waals surface area contributed by atoms with Crippen molar-refractivity contribution in [3.8, 4) is 0 Å². The summed E-state index contributed by atoms with van der Waals surface area (Å²) in [6.45, 7) is 9.21. The number of hydrogen-bond donors (Lipinski definition) is 2. The zero-order valence-corrected chi connectivity index (χ0v) is 16.1.